The number of hydrogen-bond acceptors (Lipinski definition) is 5. The molecule has 5 nitrogen and oxygen atoms in total. The number of benzene rings is 2. The molecular formula is C27H38N2O3. The molecule has 4 rings (SSSR count). The van der Waals surface area contributed by atoms with E-state index in [-0.39, 0.29) is 6.04 Å². The van der Waals surface area contributed by atoms with Crippen LogP contribution in [0.3, 0.4) is 0 Å². The molecule has 2 aliphatic heterocycles. The fourth-order valence-corrected chi connectivity index (χ4v) is 4.87. The summed E-state index contributed by atoms with van der Waals surface area (Å²) >= 11 is 0. The Kier molecular flexibility index (Phi) is 7.93. The minimum atomic E-state index is 0.250. The number of fused-ring (bicyclic) bond motifs is 1. The van der Waals surface area contributed by atoms with Gasteiger partial charge >= 0.3 is 0 Å². The smallest absolute Gasteiger partial charge is 0.142 e. The first-order valence-corrected chi connectivity index (χ1v) is 12.1. The second-order valence-electron chi connectivity index (χ2n) is 9.37. The van der Waals surface area contributed by atoms with Crippen LogP contribution in [-0.4, -0.2) is 57.5 Å². The lowest BCUT2D eigenvalue weighted by Crippen LogP contribution is -2.47. The quantitative estimate of drug-likeness (QED) is 0.540. The molecule has 2 atom stereocenters. The van der Waals surface area contributed by atoms with Crippen molar-refractivity contribution in [2.75, 3.05) is 51.5 Å². The zero-order valence-electron chi connectivity index (χ0n) is 19.8. The lowest BCUT2D eigenvalue weighted by atomic mass is 10.0. The molecule has 2 unspecified atom stereocenters. The zero-order valence-corrected chi connectivity index (χ0v) is 19.8. The Hall–Kier alpha value is -2.24. The van der Waals surface area contributed by atoms with E-state index in [1.54, 1.807) is 7.11 Å². The first kappa shape index (κ1) is 22.9. The standard InChI is InChI=1S/C27H38N2O3/c1-21(2)19-31-20-23(28-15-6-7-16-28)18-29-25(22-10-12-24(30-3)13-11-22)14-17-32-27-9-5-4-8-26(27)29/h4-5,8-13,21,23,25H,6-7,14-20H2,1-3H3. The van der Waals surface area contributed by atoms with Gasteiger partial charge in [-0.15, -0.1) is 0 Å². The number of para-hydroxylation sites is 2. The van der Waals surface area contributed by atoms with Crippen LogP contribution in [0.4, 0.5) is 5.69 Å². The first-order valence-electron chi connectivity index (χ1n) is 12.1. The summed E-state index contributed by atoms with van der Waals surface area (Å²) in [6.45, 7) is 9.97. The number of nitrogens with zero attached hydrogens (tertiary/aromatic N) is 2. The number of likely N-dealkylation sites (tertiary alicyclic amines) is 1. The van der Waals surface area contributed by atoms with Crippen molar-refractivity contribution < 1.29 is 14.2 Å². The fraction of sp³-hybridized carbons (Fsp3) is 0.556. The molecule has 2 aromatic rings. The van der Waals surface area contributed by atoms with Crippen molar-refractivity contribution in [3.63, 3.8) is 0 Å². The van der Waals surface area contributed by atoms with Gasteiger partial charge in [0.25, 0.3) is 0 Å². The van der Waals surface area contributed by atoms with Crippen LogP contribution in [0.2, 0.25) is 0 Å². The molecule has 0 bridgehead atoms. The van der Waals surface area contributed by atoms with Gasteiger partial charge in [0.05, 0.1) is 38.1 Å². The van der Waals surface area contributed by atoms with Crippen LogP contribution < -0.4 is 14.4 Å². The Labute approximate surface area is 193 Å². The molecule has 0 radical (unpaired) electrons. The number of hydrogen-bond donors (Lipinski definition) is 0. The summed E-state index contributed by atoms with van der Waals surface area (Å²) in [4.78, 5) is 5.19. The fourth-order valence-electron chi connectivity index (χ4n) is 4.87. The second kappa shape index (κ2) is 11.1. The minimum absolute atomic E-state index is 0.250. The van der Waals surface area contributed by atoms with Gasteiger partial charge in [-0.05, 0) is 61.7 Å². The van der Waals surface area contributed by atoms with Crippen molar-refractivity contribution in [2.45, 2.75) is 45.2 Å². The van der Waals surface area contributed by atoms with Gasteiger partial charge in [0.1, 0.15) is 11.5 Å². The molecule has 0 spiro atoms. The van der Waals surface area contributed by atoms with Crippen LogP contribution >= 0.6 is 0 Å². The average Bonchev–Trinajstić information content (AvgIpc) is 3.28. The molecule has 0 amide bonds. The first-order chi connectivity index (χ1) is 15.7. The summed E-state index contributed by atoms with van der Waals surface area (Å²) in [7, 11) is 1.72. The van der Waals surface area contributed by atoms with E-state index in [4.69, 9.17) is 14.2 Å². The Morgan fingerprint density at radius 1 is 1.00 bits per heavy atom. The van der Waals surface area contributed by atoms with Gasteiger partial charge in [0.2, 0.25) is 0 Å². The van der Waals surface area contributed by atoms with Crippen LogP contribution in [0, 0.1) is 5.92 Å². The van der Waals surface area contributed by atoms with E-state index < -0.39 is 0 Å². The largest absolute Gasteiger partial charge is 0.497 e. The predicted molar refractivity (Wildman–Crippen MR) is 130 cm³/mol. The van der Waals surface area contributed by atoms with Crippen LogP contribution in [0.25, 0.3) is 0 Å². The molecule has 2 aromatic carbocycles. The van der Waals surface area contributed by atoms with Gasteiger partial charge < -0.3 is 19.1 Å². The molecular weight excluding hydrogens is 400 g/mol. The molecule has 0 aromatic heterocycles. The summed E-state index contributed by atoms with van der Waals surface area (Å²) in [5.74, 6) is 2.42. The van der Waals surface area contributed by atoms with Gasteiger partial charge in [-0.2, -0.15) is 0 Å². The van der Waals surface area contributed by atoms with Crippen LogP contribution in [0.15, 0.2) is 48.5 Å². The summed E-state index contributed by atoms with van der Waals surface area (Å²) < 4.78 is 17.8. The molecule has 2 aliphatic rings. The average molecular weight is 439 g/mol. The van der Waals surface area contributed by atoms with Crippen molar-refractivity contribution >= 4 is 5.69 Å². The summed E-state index contributed by atoms with van der Waals surface area (Å²) in [6.07, 6.45) is 3.51. The highest BCUT2D eigenvalue weighted by Crippen LogP contribution is 2.39. The summed E-state index contributed by atoms with van der Waals surface area (Å²) in [5.41, 5.74) is 2.48. The highest BCUT2D eigenvalue weighted by atomic mass is 16.5. The summed E-state index contributed by atoms with van der Waals surface area (Å²) in [6, 6.07) is 17.6. The van der Waals surface area contributed by atoms with E-state index in [1.165, 1.54) is 24.1 Å². The zero-order chi connectivity index (χ0) is 22.3. The number of methoxy groups -OCH3 is 1. The van der Waals surface area contributed by atoms with Gasteiger partial charge in [0.15, 0.2) is 0 Å². The third-order valence-electron chi connectivity index (χ3n) is 6.53. The van der Waals surface area contributed by atoms with E-state index in [9.17, 15) is 0 Å². The van der Waals surface area contributed by atoms with Crippen LogP contribution in [-0.2, 0) is 4.74 Å². The van der Waals surface area contributed by atoms with Crippen molar-refractivity contribution in [1.82, 2.24) is 4.90 Å². The SMILES string of the molecule is COc1ccc(C2CCOc3ccccc3N2CC(COCC(C)C)N2CCCC2)cc1. The maximum Gasteiger partial charge on any atom is 0.142 e. The van der Waals surface area contributed by atoms with E-state index in [1.807, 2.05) is 0 Å². The predicted octanol–water partition coefficient (Wildman–Crippen LogP) is 5.16. The van der Waals surface area contributed by atoms with Crippen LogP contribution in [0.5, 0.6) is 11.5 Å². The molecule has 174 valence electrons. The molecule has 0 aliphatic carbocycles. The lowest BCUT2D eigenvalue weighted by Gasteiger charge is -2.38. The third kappa shape index (κ3) is 5.57. The molecule has 0 saturated carbocycles. The van der Waals surface area contributed by atoms with E-state index in [0.717, 1.165) is 50.8 Å². The van der Waals surface area contributed by atoms with Crippen molar-refractivity contribution in [2.24, 2.45) is 5.92 Å². The molecule has 1 fully saturated rings. The maximum absolute atomic E-state index is 6.19. The maximum atomic E-state index is 6.19. The third-order valence-corrected chi connectivity index (χ3v) is 6.53. The summed E-state index contributed by atoms with van der Waals surface area (Å²) in [5, 5.41) is 0. The van der Waals surface area contributed by atoms with E-state index in [2.05, 4.69) is 72.2 Å². The Morgan fingerprint density at radius 3 is 2.47 bits per heavy atom. The van der Waals surface area contributed by atoms with Gasteiger partial charge in [-0.1, -0.05) is 38.1 Å². The highest BCUT2D eigenvalue weighted by Gasteiger charge is 2.31. The second-order valence-corrected chi connectivity index (χ2v) is 9.37. The Balaban J connectivity index is 1.63. The number of ether oxygens (including phenoxy) is 3. The van der Waals surface area contributed by atoms with Crippen LogP contribution in [0.1, 0.15) is 44.7 Å². The molecule has 1 saturated heterocycles. The van der Waals surface area contributed by atoms with Crippen molar-refractivity contribution in [1.29, 1.82) is 0 Å². The molecule has 5 heteroatoms. The van der Waals surface area contributed by atoms with Crippen molar-refractivity contribution in [3.05, 3.63) is 54.1 Å². The lowest BCUT2D eigenvalue weighted by molar-refractivity contribution is 0.0562. The highest BCUT2D eigenvalue weighted by molar-refractivity contribution is 5.60. The Bertz CT molecular complexity index is 833. The Morgan fingerprint density at radius 2 is 1.75 bits per heavy atom. The van der Waals surface area contributed by atoms with Gasteiger partial charge in [-0.3, -0.25) is 4.90 Å². The number of rotatable bonds is 9. The van der Waals surface area contributed by atoms with E-state index >= 15 is 0 Å². The van der Waals surface area contributed by atoms with Crippen molar-refractivity contribution in [3.8, 4) is 11.5 Å². The molecule has 2 heterocycles. The molecule has 0 N–H and O–H groups in total. The normalized spacial score (nSPS) is 20.0. The van der Waals surface area contributed by atoms with Gasteiger partial charge in [0, 0.05) is 19.6 Å². The minimum Gasteiger partial charge on any atom is -0.497 e. The topological polar surface area (TPSA) is 34.2 Å². The molecule has 32 heavy (non-hydrogen) atoms. The van der Waals surface area contributed by atoms with E-state index in [0.29, 0.717) is 18.6 Å². The number of anilines is 1. The van der Waals surface area contributed by atoms with Gasteiger partial charge in [-0.25, -0.2) is 0 Å². The monoisotopic (exact) mass is 438 g/mol.